The second-order valence-corrected chi connectivity index (χ2v) is 5.30. The molecule has 1 aliphatic rings. The lowest BCUT2D eigenvalue weighted by Crippen LogP contribution is -2.04. The number of rotatable bonds is 5. The van der Waals surface area contributed by atoms with Crippen molar-refractivity contribution in [2.45, 2.75) is 52.0 Å². The zero-order valence-electron chi connectivity index (χ0n) is 9.62. The van der Waals surface area contributed by atoms with Crippen LogP contribution in [0.2, 0.25) is 0 Å². The predicted molar refractivity (Wildman–Crippen MR) is 65.7 cm³/mol. The van der Waals surface area contributed by atoms with Gasteiger partial charge in [0.05, 0.1) is 0 Å². The molecule has 0 aliphatic heterocycles. The first-order chi connectivity index (χ1) is 7.18. The Morgan fingerprint density at radius 2 is 2.27 bits per heavy atom. The molecule has 0 amide bonds. The maximum Gasteiger partial charge on any atom is 0.177 e. The average molecular weight is 224 g/mol. The van der Waals surface area contributed by atoms with Crippen molar-refractivity contribution < 1.29 is 0 Å². The highest BCUT2D eigenvalue weighted by Crippen LogP contribution is 2.33. The second kappa shape index (κ2) is 4.52. The van der Waals surface area contributed by atoms with Gasteiger partial charge >= 0.3 is 0 Å². The zero-order valence-corrected chi connectivity index (χ0v) is 10.4. The number of H-pyrrole nitrogens is 1. The Labute approximate surface area is 96.7 Å². The molecule has 0 saturated heterocycles. The summed E-state index contributed by atoms with van der Waals surface area (Å²) in [6.45, 7) is 5.52. The molecule has 1 heterocycles. The summed E-state index contributed by atoms with van der Waals surface area (Å²) >= 11 is 5.29. The molecule has 0 radical (unpaired) electrons. The van der Waals surface area contributed by atoms with Crippen molar-refractivity contribution in [1.29, 1.82) is 0 Å². The minimum absolute atomic E-state index is 0.555. The van der Waals surface area contributed by atoms with Gasteiger partial charge in [-0.25, -0.2) is 0 Å². The molecule has 1 saturated carbocycles. The maximum atomic E-state index is 5.29. The van der Waals surface area contributed by atoms with Crippen molar-refractivity contribution in [2.24, 2.45) is 5.92 Å². The normalized spacial score (nSPS) is 16.2. The van der Waals surface area contributed by atoms with Crippen LogP contribution >= 0.6 is 12.2 Å². The summed E-state index contributed by atoms with van der Waals surface area (Å²) in [4.78, 5) is 3.15. The quantitative estimate of drug-likeness (QED) is 0.753. The Hall–Kier alpha value is -0.570. The Morgan fingerprint density at radius 1 is 1.53 bits per heavy atom. The highest BCUT2D eigenvalue weighted by molar-refractivity contribution is 7.71. The molecule has 2 nitrogen and oxygen atoms in total. The fourth-order valence-electron chi connectivity index (χ4n) is 2.06. The van der Waals surface area contributed by atoms with Crippen LogP contribution in [0.25, 0.3) is 0 Å². The van der Waals surface area contributed by atoms with Gasteiger partial charge in [0.2, 0.25) is 0 Å². The summed E-state index contributed by atoms with van der Waals surface area (Å²) in [5, 5.41) is 0. The van der Waals surface area contributed by atoms with Gasteiger partial charge in [0.25, 0.3) is 0 Å². The second-order valence-electron chi connectivity index (χ2n) is 4.91. The van der Waals surface area contributed by atoms with E-state index in [0.717, 1.165) is 17.2 Å². The van der Waals surface area contributed by atoms with Crippen molar-refractivity contribution in [2.75, 3.05) is 0 Å². The third kappa shape index (κ3) is 2.71. The largest absolute Gasteiger partial charge is 0.337 e. The van der Waals surface area contributed by atoms with E-state index in [1.807, 2.05) is 0 Å². The highest BCUT2D eigenvalue weighted by Gasteiger charge is 2.20. The van der Waals surface area contributed by atoms with Gasteiger partial charge in [-0.3, -0.25) is 0 Å². The minimum atomic E-state index is 0.555. The van der Waals surface area contributed by atoms with E-state index in [2.05, 4.69) is 29.6 Å². The molecule has 1 aliphatic carbocycles. The molecule has 1 fully saturated rings. The summed E-state index contributed by atoms with van der Waals surface area (Å²) < 4.78 is 3.15. The molecule has 1 N–H and O–H groups in total. The molecule has 2 rings (SSSR count). The lowest BCUT2D eigenvalue weighted by Gasteiger charge is -2.10. The van der Waals surface area contributed by atoms with Gasteiger partial charge in [0.15, 0.2) is 4.77 Å². The molecule has 0 bridgehead atoms. The van der Waals surface area contributed by atoms with Gasteiger partial charge in [0, 0.05) is 18.4 Å². The van der Waals surface area contributed by atoms with Crippen LogP contribution in [-0.2, 0) is 6.54 Å². The lowest BCUT2D eigenvalue weighted by molar-refractivity contribution is 0.549. The number of hydrogen-bond donors (Lipinski definition) is 1. The van der Waals surface area contributed by atoms with Crippen LogP contribution in [-0.4, -0.2) is 9.55 Å². The van der Waals surface area contributed by atoms with E-state index >= 15 is 0 Å². The molecular weight excluding hydrogens is 204 g/mol. The third-order valence-electron chi connectivity index (χ3n) is 3.18. The highest BCUT2D eigenvalue weighted by atomic mass is 32.1. The Morgan fingerprint density at radius 3 is 2.87 bits per heavy atom. The van der Waals surface area contributed by atoms with Crippen LogP contribution in [0.3, 0.4) is 0 Å². The maximum absolute atomic E-state index is 5.29. The van der Waals surface area contributed by atoms with Crippen LogP contribution in [0.1, 0.15) is 51.1 Å². The number of aromatic amines is 1. The van der Waals surface area contributed by atoms with E-state index in [-0.39, 0.29) is 0 Å². The number of nitrogens with one attached hydrogen (secondary N) is 1. The van der Waals surface area contributed by atoms with Crippen LogP contribution in [0, 0.1) is 10.7 Å². The van der Waals surface area contributed by atoms with Crippen molar-refractivity contribution in [3.63, 3.8) is 0 Å². The predicted octanol–water partition coefficient (Wildman–Crippen LogP) is 3.86. The Balaban J connectivity index is 1.98. The number of aromatic nitrogens is 2. The van der Waals surface area contributed by atoms with Crippen molar-refractivity contribution >= 4 is 12.2 Å². The van der Waals surface area contributed by atoms with Crippen molar-refractivity contribution in [3.05, 3.63) is 16.7 Å². The van der Waals surface area contributed by atoms with Crippen LogP contribution < -0.4 is 0 Å². The average Bonchev–Trinajstić information content (AvgIpc) is 2.92. The van der Waals surface area contributed by atoms with Gasteiger partial charge < -0.3 is 9.55 Å². The number of imidazole rings is 1. The monoisotopic (exact) mass is 224 g/mol. The topological polar surface area (TPSA) is 20.7 Å². The minimum Gasteiger partial charge on any atom is -0.337 e. The Kier molecular flexibility index (Phi) is 3.29. The van der Waals surface area contributed by atoms with Crippen LogP contribution in [0.4, 0.5) is 0 Å². The fraction of sp³-hybridized carbons (Fsp3) is 0.750. The summed E-state index contributed by atoms with van der Waals surface area (Å²) in [5.41, 5.74) is 1.34. The molecule has 15 heavy (non-hydrogen) atoms. The first-order valence-corrected chi connectivity index (χ1v) is 6.37. The van der Waals surface area contributed by atoms with Gasteiger partial charge in [-0.2, -0.15) is 0 Å². The summed E-state index contributed by atoms with van der Waals surface area (Å²) in [6, 6.07) is 0. The molecule has 3 heteroatoms. The Bertz CT molecular complexity index is 371. The summed E-state index contributed by atoms with van der Waals surface area (Å²) in [6.07, 6.45) is 7.62. The van der Waals surface area contributed by atoms with Crippen molar-refractivity contribution in [3.8, 4) is 0 Å². The van der Waals surface area contributed by atoms with Gasteiger partial charge in [0.1, 0.15) is 0 Å². The molecule has 84 valence electrons. The van der Waals surface area contributed by atoms with Crippen LogP contribution in [0.15, 0.2) is 6.20 Å². The van der Waals surface area contributed by atoms with Gasteiger partial charge in [-0.05, 0) is 36.9 Å². The third-order valence-corrected chi connectivity index (χ3v) is 3.52. The molecule has 1 aromatic heterocycles. The molecular formula is C12H20N2S. The van der Waals surface area contributed by atoms with E-state index in [1.54, 1.807) is 0 Å². The first-order valence-electron chi connectivity index (χ1n) is 5.96. The fourth-order valence-corrected chi connectivity index (χ4v) is 2.32. The standard InChI is InChI=1S/C12H20N2S/c1-9(2)11-8-13-12(15)14(11)7-3-4-10-5-6-10/h8-10H,3-7H2,1-2H3,(H,13,15). The van der Waals surface area contributed by atoms with E-state index in [0.29, 0.717) is 5.92 Å². The molecule has 1 aromatic rings. The number of hydrogen-bond acceptors (Lipinski definition) is 1. The first kappa shape index (κ1) is 10.9. The molecule has 0 unspecified atom stereocenters. The van der Waals surface area contributed by atoms with E-state index in [1.165, 1.54) is 31.4 Å². The zero-order chi connectivity index (χ0) is 10.8. The van der Waals surface area contributed by atoms with Gasteiger partial charge in [-0.15, -0.1) is 0 Å². The molecule has 0 spiro atoms. The summed E-state index contributed by atoms with van der Waals surface area (Å²) in [7, 11) is 0. The van der Waals surface area contributed by atoms with Crippen molar-refractivity contribution in [1.82, 2.24) is 9.55 Å². The van der Waals surface area contributed by atoms with E-state index < -0.39 is 0 Å². The van der Waals surface area contributed by atoms with Gasteiger partial charge in [-0.1, -0.05) is 26.7 Å². The molecule has 0 atom stereocenters. The number of nitrogens with zero attached hydrogens (tertiary/aromatic N) is 1. The molecule has 0 aromatic carbocycles. The van der Waals surface area contributed by atoms with E-state index in [4.69, 9.17) is 12.2 Å². The summed E-state index contributed by atoms with van der Waals surface area (Å²) in [5.74, 6) is 1.58. The SMILES string of the molecule is CC(C)c1c[nH]c(=S)n1CCCC1CC1. The lowest BCUT2D eigenvalue weighted by atomic mass is 10.1. The smallest absolute Gasteiger partial charge is 0.177 e. The van der Waals surface area contributed by atoms with E-state index in [9.17, 15) is 0 Å². The van der Waals surface area contributed by atoms with Crippen LogP contribution in [0.5, 0.6) is 0 Å².